The number of aromatic hydroxyl groups is 1. The first-order valence-corrected chi connectivity index (χ1v) is 5.99. The summed E-state index contributed by atoms with van der Waals surface area (Å²) in [6.07, 6.45) is 3.02. The third kappa shape index (κ3) is 3.96. The Balaban J connectivity index is 2.73. The summed E-state index contributed by atoms with van der Waals surface area (Å²) in [4.78, 5) is 23.3. The summed E-state index contributed by atoms with van der Waals surface area (Å²) >= 11 is 0. The molecular weight excluding hydrogens is 230 g/mol. The summed E-state index contributed by atoms with van der Waals surface area (Å²) in [6.45, 7) is 2.61. The van der Waals surface area contributed by atoms with Gasteiger partial charge in [0.1, 0.15) is 18.3 Å². The van der Waals surface area contributed by atoms with Gasteiger partial charge in [-0.3, -0.25) is 9.69 Å². The van der Waals surface area contributed by atoms with Gasteiger partial charge in [-0.25, -0.2) is 0 Å². The summed E-state index contributed by atoms with van der Waals surface area (Å²) in [6, 6.07) is 4.97. The Labute approximate surface area is 107 Å². The van der Waals surface area contributed by atoms with E-state index in [1.54, 1.807) is 12.1 Å². The number of carbonyl (C=O) groups is 2. The fourth-order valence-electron chi connectivity index (χ4n) is 1.80. The predicted octanol–water partition coefficient (Wildman–Crippen LogP) is 2.00. The van der Waals surface area contributed by atoms with Crippen LogP contribution in [0.5, 0.6) is 5.75 Å². The SMILES string of the molecule is CC(CCC=O)N(C)Cc1cc(O)ccc1C=O. The van der Waals surface area contributed by atoms with Crippen LogP contribution in [0.25, 0.3) is 0 Å². The largest absolute Gasteiger partial charge is 0.508 e. The molecule has 0 bridgehead atoms. The molecule has 0 radical (unpaired) electrons. The predicted molar refractivity (Wildman–Crippen MR) is 69.7 cm³/mol. The zero-order chi connectivity index (χ0) is 13.5. The van der Waals surface area contributed by atoms with Crippen LogP contribution in [0, 0.1) is 0 Å². The van der Waals surface area contributed by atoms with E-state index in [9.17, 15) is 14.7 Å². The Bertz CT molecular complexity index is 418. The smallest absolute Gasteiger partial charge is 0.150 e. The van der Waals surface area contributed by atoms with Crippen LogP contribution in [-0.2, 0) is 11.3 Å². The highest BCUT2D eigenvalue weighted by molar-refractivity contribution is 5.77. The fourth-order valence-corrected chi connectivity index (χ4v) is 1.80. The van der Waals surface area contributed by atoms with E-state index in [-0.39, 0.29) is 11.8 Å². The molecule has 1 unspecified atom stereocenters. The first-order valence-electron chi connectivity index (χ1n) is 5.99. The minimum absolute atomic E-state index is 0.157. The lowest BCUT2D eigenvalue weighted by Crippen LogP contribution is -2.29. The van der Waals surface area contributed by atoms with Crippen LogP contribution in [0.15, 0.2) is 18.2 Å². The maximum Gasteiger partial charge on any atom is 0.150 e. The van der Waals surface area contributed by atoms with E-state index in [2.05, 4.69) is 4.90 Å². The topological polar surface area (TPSA) is 57.6 Å². The van der Waals surface area contributed by atoms with E-state index in [0.717, 1.165) is 24.6 Å². The maximum absolute atomic E-state index is 10.9. The van der Waals surface area contributed by atoms with E-state index in [4.69, 9.17) is 0 Å². The number of phenolic OH excluding ortho intramolecular Hbond substituents is 1. The van der Waals surface area contributed by atoms with Gasteiger partial charge in [-0.2, -0.15) is 0 Å². The molecule has 1 N–H and O–H groups in total. The molecule has 18 heavy (non-hydrogen) atoms. The second-order valence-corrected chi connectivity index (χ2v) is 4.51. The van der Waals surface area contributed by atoms with Crippen molar-refractivity contribution in [2.24, 2.45) is 0 Å². The average molecular weight is 249 g/mol. The third-order valence-corrected chi connectivity index (χ3v) is 3.13. The molecule has 0 aliphatic carbocycles. The molecule has 1 rings (SSSR count). The third-order valence-electron chi connectivity index (χ3n) is 3.13. The van der Waals surface area contributed by atoms with Crippen molar-refractivity contribution < 1.29 is 14.7 Å². The van der Waals surface area contributed by atoms with Gasteiger partial charge in [0.2, 0.25) is 0 Å². The lowest BCUT2D eigenvalue weighted by Gasteiger charge is -2.24. The number of hydrogen-bond donors (Lipinski definition) is 1. The monoisotopic (exact) mass is 249 g/mol. The van der Waals surface area contributed by atoms with Crippen LogP contribution >= 0.6 is 0 Å². The van der Waals surface area contributed by atoms with E-state index in [1.807, 2.05) is 14.0 Å². The molecular formula is C14H19NO3. The molecule has 0 fully saturated rings. The van der Waals surface area contributed by atoms with Gasteiger partial charge < -0.3 is 9.90 Å². The van der Waals surface area contributed by atoms with Gasteiger partial charge in [0.25, 0.3) is 0 Å². The van der Waals surface area contributed by atoms with Crippen molar-refractivity contribution in [1.82, 2.24) is 4.90 Å². The molecule has 0 spiro atoms. The van der Waals surface area contributed by atoms with E-state index in [0.29, 0.717) is 18.5 Å². The Kier molecular flexibility index (Phi) is 5.52. The summed E-state index contributed by atoms with van der Waals surface area (Å²) in [7, 11) is 1.94. The average Bonchev–Trinajstić information content (AvgIpc) is 2.36. The lowest BCUT2D eigenvalue weighted by molar-refractivity contribution is -0.108. The van der Waals surface area contributed by atoms with Gasteiger partial charge in [-0.15, -0.1) is 0 Å². The summed E-state index contributed by atoms with van der Waals surface area (Å²) in [5.74, 6) is 0.157. The molecule has 0 saturated heterocycles. The molecule has 4 heteroatoms. The Morgan fingerprint density at radius 3 is 2.72 bits per heavy atom. The minimum Gasteiger partial charge on any atom is -0.508 e. The quantitative estimate of drug-likeness (QED) is 0.751. The minimum atomic E-state index is 0.157. The van der Waals surface area contributed by atoms with Gasteiger partial charge in [0, 0.05) is 24.6 Å². The van der Waals surface area contributed by atoms with Crippen LogP contribution in [0.1, 0.15) is 35.7 Å². The molecule has 0 amide bonds. The van der Waals surface area contributed by atoms with Gasteiger partial charge in [0.15, 0.2) is 0 Å². The number of phenols is 1. The van der Waals surface area contributed by atoms with Crippen LogP contribution < -0.4 is 0 Å². The molecule has 4 nitrogen and oxygen atoms in total. The summed E-state index contributed by atoms with van der Waals surface area (Å²) < 4.78 is 0. The van der Waals surface area contributed by atoms with Gasteiger partial charge in [-0.1, -0.05) is 0 Å². The van der Waals surface area contributed by atoms with Gasteiger partial charge >= 0.3 is 0 Å². The van der Waals surface area contributed by atoms with Crippen LogP contribution in [0.4, 0.5) is 0 Å². The fraction of sp³-hybridized carbons (Fsp3) is 0.429. The van der Waals surface area contributed by atoms with Crippen molar-refractivity contribution in [3.63, 3.8) is 0 Å². The molecule has 0 heterocycles. The van der Waals surface area contributed by atoms with E-state index < -0.39 is 0 Å². The molecule has 98 valence electrons. The number of rotatable bonds is 7. The van der Waals surface area contributed by atoms with E-state index >= 15 is 0 Å². The molecule has 1 atom stereocenters. The number of benzene rings is 1. The number of carbonyl (C=O) groups excluding carboxylic acids is 2. The van der Waals surface area contributed by atoms with Crippen LogP contribution in [0.3, 0.4) is 0 Å². The molecule has 1 aromatic carbocycles. The molecule has 1 aromatic rings. The van der Waals surface area contributed by atoms with Crippen LogP contribution in [0.2, 0.25) is 0 Å². The lowest BCUT2D eigenvalue weighted by atomic mass is 10.1. The zero-order valence-corrected chi connectivity index (χ0v) is 10.8. The Hall–Kier alpha value is -1.68. The van der Waals surface area contributed by atoms with Crippen molar-refractivity contribution in [3.05, 3.63) is 29.3 Å². The number of nitrogens with zero attached hydrogens (tertiary/aromatic N) is 1. The van der Waals surface area contributed by atoms with Gasteiger partial charge in [-0.05, 0) is 44.2 Å². The Morgan fingerprint density at radius 2 is 2.11 bits per heavy atom. The van der Waals surface area contributed by atoms with Crippen molar-refractivity contribution >= 4 is 12.6 Å². The molecule has 0 aromatic heterocycles. The van der Waals surface area contributed by atoms with Crippen LogP contribution in [-0.4, -0.2) is 35.7 Å². The number of aldehydes is 2. The zero-order valence-electron chi connectivity index (χ0n) is 10.8. The highest BCUT2D eigenvalue weighted by atomic mass is 16.3. The standard InChI is InChI=1S/C14H19NO3/c1-11(4-3-7-16)15(2)9-13-8-14(18)6-5-12(13)10-17/h5-8,10-11,18H,3-4,9H2,1-2H3. The van der Waals surface area contributed by atoms with Crippen molar-refractivity contribution in [2.75, 3.05) is 7.05 Å². The molecule has 0 saturated carbocycles. The number of hydrogen-bond acceptors (Lipinski definition) is 4. The van der Waals surface area contributed by atoms with Crippen molar-refractivity contribution in [1.29, 1.82) is 0 Å². The summed E-state index contributed by atoms with van der Waals surface area (Å²) in [5.41, 5.74) is 1.38. The highest BCUT2D eigenvalue weighted by Gasteiger charge is 2.12. The summed E-state index contributed by atoms with van der Waals surface area (Å²) in [5, 5.41) is 9.45. The Morgan fingerprint density at radius 1 is 1.39 bits per heavy atom. The van der Waals surface area contributed by atoms with Gasteiger partial charge in [0.05, 0.1) is 0 Å². The highest BCUT2D eigenvalue weighted by Crippen LogP contribution is 2.18. The molecule has 0 aliphatic heterocycles. The normalized spacial score (nSPS) is 12.4. The maximum atomic E-state index is 10.9. The second-order valence-electron chi connectivity index (χ2n) is 4.51. The molecule has 0 aliphatic rings. The van der Waals surface area contributed by atoms with E-state index in [1.165, 1.54) is 6.07 Å². The first-order chi connectivity index (χ1) is 8.58. The van der Waals surface area contributed by atoms with Crippen molar-refractivity contribution in [2.45, 2.75) is 32.4 Å². The second kappa shape index (κ2) is 6.91. The first kappa shape index (κ1) is 14.4. The van der Waals surface area contributed by atoms with Crippen molar-refractivity contribution in [3.8, 4) is 5.75 Å².